The van der Waals surface area contributed by atoms with Gasteiger partial charge in [0.15, 0.2) is 6.61 Å². The summed E-state index contributed by atoms with van der Waals surface area (Å²) in [4.78, 5) is 16.4. The van der Waals surface area contributed by atoms with E-state index >= 15 is 0 Å². The van der Waals surface area contributed by atoms with Crippen molar-refractivity contribution in [3.63, 3.8) is 0 Å². The number of amides is 1. The zero-order valence-corrected chi connectivity index (χ0v) is 12.9. The summed E-state index contributed by atoms with van der Waals surface area (Å²) in [5, 5.41) is 0. The molecule has 1 fully saturated rings. The van der Waals surface area contributed by atoms with Gasteiger partial charge in [0.2, 0.25) is 0 Å². The number of rotatable bonds is 6. The molecule has 2 rings (SSSR count). The Morgan fingerprint density at radius 3 is 2.71 bits per heavy atom. The predicted molar refractivity (Wildman–Crippen MR) is 83.1 cm³/mol. The Balaban J connectivity index is 1.85. The second-order valence-electron chi connectivity index (χ2n) is 5.78. The van der Waals surface area contributed by atoms with Crippen LogP contribution in [0.1, 0.15) is 18.4 Å². The Labute approximate surface area is 126 Å². The van der Waals surface area contributed by atoms with Crippen molar-refractivity contribution in [3.05, 3.63) is 29.8 Å². The third-order valence-electron chi connectivity index (χ3n) is 3.79. The number of carbonyl (C=O) groups excluding carboxylic acids is 1. The number of nitrogens with zero attached hydrogens (tertiary/aromatic N) is 2. The van der Waals surface area contributed by atoms with Crippen molar-refractivity contribution < 1.29 is 9.53 Å². The molecule has 116 valence electrons. The summed E-state index contributed by atoms with van der Waals surface area (Å²) >= 11 is 0. The fraction of sp³-hybridized carbons (Fsp3) is 0.562. The first-order chi connectivity index (χ1) is 10.1. The molecule has 0 radical (unpaired) electrons. The smallest absolute Gasteiger partial charge is 0.260 e. The van der Waals surface area contributed by atoms with E-state index in [1.165, 1.54) is 0 Å². The van der Waals surface area contributed by atoms with Crippen LogP contribution in [0.25, 0.3) is 0 Å². The first-order valence-electron chi connectivity index (χ1n) is 7.46. The summed E-state index contributed by atoms with van der Waals surface area (Å²) in [5.41, 5.74) is 6.61. The third kappa shape index (κ3) is 4.44. The zero-order valence-electron chi connectivity index (χ0n) is 12.9. The molecule has 1 aromatic rings. The molecular formula is C16H25N3O2. The van der Waals surface area contributed by atoms with E-state index in [0.717, 1.165) is 31.5 Å². The molecular weight excluding hydrogens is 266 g/mol. The van der Waals surface area contributed by atoms with E-state index in [4.69, 9.17) is 10.5 Å². The average Bonchev–Trinajstić information content (AvgIpc) is 2.92. The number of benzene rings is 1. The summed E-state index contributed by atoms with van der Waals surface area (Å²) < 4.78 is 5.59. The van der Waals surface area contributed by atoms with Gasteiger partial charge in [-0.05, 0) is 44.6 Å². The normalized spacial score (nSPS) is 18.3. The van der Waals surface area contributed by atoms with Crippen LogP contribution in [0, 0.1) is 0 Å². The molecule has 5 nitrogen and oxygen atoms in total. The standard InChI is InChI=1S/C16H25N3O2/c1-18(2)11-14-4-3-9-19(14)16(20)12-21-15-7-5-13(10-17)6-8-15/h5-8,14H,3-4,9-12,17H2,1-2H3. The van der Waals surface area contributed by atoms with Gasteiger partial charge < -0.3 is 20.3 Å². The van der Waals surface area contributed by atoms with E-state index in [0.29, 0.717) is 18.3 Å². The first kappa shape index (κ1) is 15.8. The number of likely N-dealkylation sites (tertiary alicyclic amines) is 1. The molecule has 1 aliphatic rings. The van der Waals surface area contributed by atoms with Gasteiger partial charge in [0.1, 0.15) is 5.75 Å². The van der Waals surface area contributed by atoms with Crippen LogP contribution in [-0.2, 0) is 11.3 Å². The predicted octanol–water partition coefficient (Wildman–Crippen LogP) is 1.08. The zero-order chi connectivity index (χ0) is 15.2. The molecule has 0 aliphatic carbocycles. The van der Waals surface area contributed by atoms with Crippen molar-refractivity contribution in [2.45, 2.75) is 25.4 Å². The fourth-order valence-corrected chi connectivity index (χ4v) is 2.73. The first-order valence-corrected chi connectivity index (χ1v) is 7.46. The summed E-state index contributed by atoms with van der Waals surface area (Å²) in [7, 11) is 4.08. The third-order valence-corrected chi connectivity index (χ3v) is 3.79. The topological polar surface area (TPSA) is 58.8 Å². The maximum absolute atomic E-state index is 12.3. The molecule has 21 heavy (non-hydrogen) atoms. The molecule has 1 atom stereocenters. The van der Waals surface area contributed by atoms with Crippen molar-refractivity contribution in [1.82, 2.24) is 9.80 Å². The van der Waals surface area contributed by atoms with Gasteiger partial charge in [-0.15, -0.1) is 0 Å². The minimum absolute atomic E-state index is 0.0715. The number of hydrogen-bond acceptors (Lipinski definition) is 4. The van der Waals surface area contributed by atoms with E-state index < -0.39 is 0 Å². The summed E-state index contributed by atoms with van der Waals surface area (Å²) in [6, 6.07) is 7.87. The molecule has 0 aromatic heterocycles. The van der Waals surface area contributed by atoms with Gasteiger partial charge in [0.05, 0.1) is 0 Å². The van der Waals surface area contributed by atoms with Crippen LogP contribution in [0.2, 0.25) is 0 Å². The van der Waals surface area contributed by atoms with Crippen molar-refractivity contribution in [3.8, 4) is 5.75 Å². The molecule has 1 amide bonds. The molecule has 2 N–H and O–H groups in total. The Bertz CT molecular complexity index is 459. The summed E-state index contributed by atoms with van der Waals surface area (Å²) in [6.45, 7) is 2.37. The second kappa shape index (κ2) is 7.43. The van der Waals surface area contributed by atoms with Gasteiger partial charge in [0.25, 0.3) is 5.91 Å². The van der Waals surface area contributed by atoms with Crippen molar-refractivity contribution in [2.24, 2.45) is 5.73 Å². The molecule has 0 saturated carbocycles. The van der Waals surface area contributed by atoms with E-state index in [1.807, 2.05) is 43.3 Å². The highest BCUT2D eigenvalue weighted by Gasteiger charge is 2.28. The van der Waals surface area contributed by atoms with E-state index in [1.54, 1.807) is 0 Å². The van der Waals surface area contributed by atoms with Gasteiger partial charge in [-0.2, -0.15) is 0 Å². The maximum atomic E-state index is 12.3. The molecule has 1 aromatic carbocycles. The van der Waals surface area contributed by atoms with E-state index in [2.05, 4.69) is 4.90 Å². The highest BCUT2D eigenvalue weighted by molar-refractivity contribution is 5.78. The van der Waals surface area contributed by atoms with Gasteiger partial charge in [-0.25, -0.2) is 0 Å². The van der Waals surface area contributed by atoms with Crippen LogP contribution in [0.5, 0.6) is 5.75 Å². The Kier molecular flexibility index (Phi) is 5.59. The molecule has 0 spiro atoms. The highest BCUT2D eigenvalue weighted by Crippen LogP contribution is 2.18. The maximum Gasteiger partial charge on any atom is 0.260 e. The molecule has 1 saturated heterocycles. The highest BCUT2D eigenvalue weighted by atomic mass is 16.5. The lowest BCUT2D eigenvalue weighted by molar-refractivity contribution is -0.134. The van der Waals surface area contributed by atoms with E-state index in [-0.39, 0.29) is 12.5 Å². The average molecular weight is 291 g/mol. The molecule has 0 bridgehead atoms. The molecule has 5 heteroatoms. The van der Waals surface area contributed by atoms with Crippen LogP contribution in [-0.4, -0.2) is 55.5 Å². The largest absolute Gasteiger partial charge is 0.484 e. The Morgan fingerprint density at radius 1 is 1.38 bits per heavy atom. The lowest BCUT2D eigenvalue weighted by Gasteiger charge is -2.27. The van der Waals surface area contributed by atoms with Crippen LogP contribution in [0.4, 0.5) is 0 Å². The van der Waals surface area contributed by atoms with Gasteiger partial charge >= 0.3 is 0 Å². The molecule has 1 aliphatic heterocycles. The molecule has 1 heterocycles. The lowest BCUT2D eigenvalue weighted by atomic mass is 10.2. The van der Waals surface area contributed by atoms with Crippen LogP contribution in [0.3, 0.4) is 0 Å². The van der Waals surface area contributed by atoms with Crippen molar-refractivity contribution >= 4 is 5.91 Å². The quantitative estimate of drug-likeness (QED) is 0.852. The second-order valence-corrected chi connectivity index (χ2v) is 5.78. The Morgan fingerprint density at radius 2 is 2.10 bits per heavy atom. The number of nitrogens with two attached hydrogens (primary N) is 1. The number of carbonyl (C=O) groups is 1. The van der Waals surface area contributed by atoms with Crippen LogP contribution >= 0.6 is 0 Å². The fourth-order valence-electron chi connectivity index (χ4n) is 2.73. The van der Waals surface area contributed by atoms with Crippen LogP contribution in [0.15, 0.2) is 24.3 Å². The SMILES string of the molecule is CN(C)CC1CCCN1C(=O)COc1ccc(CN)cc1. The summed E-state index contributed by atoms with van der Waals surface area (Å²) in [6.07, 6.45) is 2.16. The van der Waals surface area contributed by atoms with Gasteiger partial charge in [0, 0.05) is 25.7 Å². The molecule has 1 unspecified atom stereocenters. The monoisotopic (exact) mass is 291 g/mol. The lowest BCUT2D eigenvalue weighted by Crippen LogP contribution is -2.43. The van der Waals surface area contributed by atoms with Crippen molar-refractivity contribution in [1.29, 1.82) is 0 Å². The van der Waals surface area contributed by atoms with E-state index in [9.17, 15) is 4.79 Å². The minimum atomic E-state index is 0.0715. The van der Waals surface area contributed by atoms with Gasteiger partial charge in [-0.1, -0.05) is 12.1 Å². The number of hydrogen-bond donors (Lipinski definition) is 1. The minimum Gasteiger partial charge on any atom is -0.484 e. The number of likely N-dealkylation sites (N-methyl/N-ethyl adjacent to an activating group) is 1. The Hall–Kier alpha value is -1.59. The summed E-state index contributed by atoms with van der Waals surface area (Å²) in [5.74, 6) is 0.783. The number of ether oxygens (including phenoxy) is 1. The van der Waals surface area contributed by atoms with Crippen LogP contribution < -0.4 is 10.5 Å². The van der Waals surface area contributed by atoms with Crippen molar-refractivity contribution in [2.75, 3.05) is 33.8 Å². The van der Waals surface area contributed by atoms with Gasteiger partial charge in [-0.3, -0.25) is 4.79 Å².